The summed E-state index contributed by atoms with van der Waals surface area (Å²) in [5.41, 5.74) is 2.51. The Morgan fingerprint density at radius 3 is 2.95 bits per heavy atom. The van der Waals surface area contributed by atoms with E-state index in [1.807, 2.05) is 0 Å². The molecule has 0 unspecified atom stereocenters. The molecule has 5 heteroatoms. The van der Waals surface area contributed by atoms with Crippen molar-refractivity contribution in [1.29, 1.82) is 0 Å². The predicted molar refractivity (Wildman–Crippen MR) is 82.4 cm³/mol. The van der Waals surface area contributed by atoms with Gasteiger partial charge in [0.2, 0.25) is 0 Å². The van der Waals surface area contributed by atoms with Crippen LogP contribution in [0.2, 0.25) is 0 Å². The molecule has 1 aliphatic rings. The van der Waals surface area contributed by atoms with E-state index in [4.69, 9.17) is 4.74 Å². The van der Waals surface area contributed by atoms with Crippen molar-refractivity contribution in [2.24, 2.45) is 5.41 Å². The summed E-state index contributed by atoms with van der Waals surface area (Å²) in [7, 11) is 0. The average Bonchev–Trinajstić information content (AvgIpc) is 2.65. The maximum Gasteiger partial charge on any atom is 0.434 e. The fourth-order valence-corrected chi connectivity index (χ4v) is 3.20. The molecule has 1 heterocycles. The molecule has 0 radical (unpaired) electrons. The molecule has 2 rings (SSSR count). The lowest BCUT2D eigenvalue weighted by Gasteiger charge is -2.29. The second-order valence-corrected chi connectivity index (χ2v) is 6.96. The van der Waals surface area contributed by atoms with Crippen LogP contribution in [-0.4, -0.2) is 22.5 Å². The molecule has 1 aliphatic carbocycles. The summed E-state index contributed by atoms with van der Waals surface area (Å²) in [6, 6.07) is 0. The minimum absolute atomic E-state index is 0.234. The number of carbonyl (C=O) groups is 1. The molecule has 0 amide bonds. The Bertz CT molecular complexity index is 480. The van der Waals surface area contributed by atoms with Crippen LogP contribution >= 0.6 is 22.6 Å². The molecule has 0 spiro atoms. The number of unbranched alkanes of at least 4 members (excludes halogenated alkanes) is 1. The topological polar surface area (TPSA) is 44.1 Å². The second kappa shape index (κ2) is 5.81. The van der Waals surface area contributed by atoms with E-state index < -0.39 is 0 Å². The van der Waals surface area contributed by atoms with Crippen molar-refractivity contribution in [1.82, 2.24) is 9.78 Å². The van der Waals surface area contributed by atoms with Crippen LogP contribution < -0.4 is 0 Å². The van der Waals surface area contributed by atoms with Gasteiger partial charge in [-0.2, -0.15) is 9.78 Å². The van der Waals surface area contributed by atoms with Gasteiger partial charge in [-0.25, -0.2) is 4.79 Å². The molecule has 0 saturated heterocycles. The van der Waals surface area contributed by atoms with Gasteiger partial charge in [-0.3, -0.25) is 0 Å². The number of hydrogen-bond donors (Lipinski definition) is 0. The van der Waals surface area contributed by atoms with Crippen molar-refractivity contribution in [3.05, 3.63) is 15.0 Å². The summed E-state index contributed by atoms with van der Waals surface area (Å²) in [6.07, 6.45) is 4.63. The number of halogens is 1. The number of nitrogens with zero attached hydrogens (tertiary/aromatic N) is 2. The van der Waals surface area contributed by atoms with Gasteiger partial charge in [0.05, 0.1) is 12.3 Å². The zero-order chi connectivity index (χ0) is 14.0. The Hall–Kier alpha value is -0.590. The van der Waals surface area contributed by atoms with Gasteiger partial charge in [0.1, 0.15) is 3.70 Å². The fourth-order valence-electron chi connectivity index (χ4n) is 2.41. The molecule has 0 bridgehead atoms. The van der Waals surface area contributed by atoms with Crippen molar-refractivity contribution >= 4 is 28.7 Å². The average molecular weight is 376 g/mol. The smallest absolute Gasteiger partial charge is 0.434 e. The maximum atomic E-state index is 12.1. The molecule has 1 aromatic rings. The molecule has 0 N–H and O–H groups in total. The van der Waals surface area contributed by atoms with E-state index in [9.17, 15) is 4.79 Å². The van der Waals surface area contributed by atoms with Gasteiger partial charge in [0.25, 0.3) is 0 Å². The molecule has 0 saturated carbocycles. The van der Waals surface area contributed by atoms with Gasteiger partial charge >= 0.3 is 6.09 Å². The summed E-state index contributed by atoms with van der Waals surface area (Å²) in [4.78, 5) is 12.1. The Morgan fingerprint density at radius 1 is 1.53 bits per heavy atom. The van der Waals surface area contributed by atoms with E-state index in [1.54, 1.807) is 0 Å². The Kier molecular flexibility index (Phi) is 4.53. The first-order valence-electron chi connectivity index (χ1n) is 6.88. The van der Waals surface area contributed by atoms with Gasteiger partial charge in [-0.1, -0.05) is 27.2 Å². The number of fused-ring (bicyclic) bond motifs is 1. The van der Waals surface area contributed by atoms with Gasteiger partial charge in [0.15, 0.2) is 0 Å². The van der Waals surface area contributed by atoms with E-state index >= 15 is 0 Å². The zero-order valence-electron chi connectivity index (χ0n) is 11.8. The number of hydrogen-bond acceptors (Lipinski definition) is 3. The highest BCUT2D eigenvalue weighted by atomic mass is 127. The number of aromatic nitrogens is 2. The highest BCUT2D eigenvalue weighted by Gasteiger charge is 2.32. The summed E-state index contributed by atoms with van der Waals surface area (Å²) in [6.45, 7) is 7.03. The van der Waals surface area contributed by atoms with Crippen molar-refractivity contribution < 1.29 is 9.53 Å². The molecule has 0 fully saturated rings. The standard InChI is InChI=1S/C14H21IN2O2/c1-4-5-8-19-13(18)17-11-9-14(2,3)7-6-10(11)12(15)16-17/h4-9H2,1-3H3. The first-order chi connectivity index (χ1) is 8.94. The van der Waals surface area contributed by atoms with Crippen LogP contribution in [0.15, 0.2) is 0 Å². The molecule has 1 aromatic heterocycles. The number of carbonyl (C=O) groups excluding carboxylic acids is 1. The first kappa shape index (κ1) is 14.8. The lowest BCUT2D eigenvalue weighted by molar-refractivity contribution is 0.141. The number of ether oxygens (including phenoxy) is 1. The minimum Gasteiger partial charge on any atom is -0.448 e. The van der Waals surface area contributed by atoms with Crippen LogP contribution in [0.25, 0.3) is 0 Å². The zero-order valence-corrected chi connectivity index (χ0v) is 14.0. The summed E-state index contributed by atoms with van der Waals surface area (Å²) >= 11 is 2.21. The summed E-state index contributed by atoms with van der Waals surface area (Å²) in [5.74, 6) is 0. The Balaban J connectivity index is 2.20. The molecular formula is C14H21IN2O2. The predicted octanol–water partition coefficient (Wildman–Crippen LogP) is 3.79. The minimum atomic E-state index is -0.328. The van der Waals surface area contributed by atoms with Crippen molar-refractivity contribution in [2.75, 3.05) is 6.61 Å². The highest BCUT2D eigenvalue weighted by Crippen LogP contribution is 2.36. The largest absolute Gasteiger partial charge is 0.448 e. The quantitative estimate of drug-likeness (QED) is 0.596. The van der Waals surface area contributed by atoms with E-state index in [0.717, 1.165) is 41.5 Å². The van der Waals surface area contributed by atoms with Crippen LogP contribution in [0.4, 0.5) is 4.79 Å². The van der Waals surface area contributed by atoms with Crippen molar-refractivity contribution in [3.8, 4) is 0 Å². The SMILES string of the molecule is CCCCOC(=O)n1nc(I)c2c1CC(C)(C)CC2. The van der Waals surface area contributed by atoms with Gasteiger partial charge in [-0.05, 0) is 53.7 Å². The number of rotatable bonds is 3. The van der Waals surface area contributed by atoms with Crippen LogP contribution in [0.3, 0.4) is 0 Å². The molecule has 106 valence electrons. The monoisotopic (exact) mass is 376 g/mol. The third kappa shape index (κ3) is 3.30. The van der Waals surface area contributed by atoms with Crippen LogP contribution in [0.5, 0.6) is 0 Å². The third-order valence-electron chi connectivity index (χ3n) is 3.63. The fraction of sp³-hybridized carbons (Fsp3) is 0.714. The van der Waals surface area contributed by atoms with E-state index in [1.165, 1.54) is 10.2 Å². The molecule has 4 nitrogen and oxygen atoms in total. The van der Waals surface area contributed by atoms with Gasteiger partial charge in [-0.15, -0.1) is 0 Å². The molecule has 19 heavy (non-hydrogen) atoms. The Morgan fingerprint density at radius 2 is 2.26 bits per heavy atom. The van der Waals surface area contributed by atoms with Crippen molar-refractivity contribution in [2.45, 2.75) is 52.9 Å². The maximum absolute atomic E-state index is 12.1. The lowest BCUT2D eigenvalue weighted by atomic mass is 9.77. The molecule has 0 atom stereocenters. The first-order valence-corrected chi connectivity index (χ1v) is 7.96. The second-order valence-electron chi connectivity index (χ2n) is 5.94. The third-order valence-corrected chi connectivity index (χ3v) is 4.50. The van der Waals surface area contributed by atoms with Gasteiger partial charge < -0.3 is 4.74 Å². The molecule has 0 aliphatic heterocycles. The van der Waals surface area contributed by atoms with Crippen LogP contribution in [-0.2, 0) is 17.6 Å². The van der Waals surface area contributed by atoms with Crippen molar-refractivity contribution in [3.63, 3.8) is 0 Å². The van der Waals surface area contributed by atoms with E-state index in [-0.39, 0.29) is 11.5 Å². The molecular weight excluding hydrogens is 355 g/mol. The van der Waals surface area contributed by atoms with Gasteiger partial charge in [0, 0.05) is 5.56 Å². The van der Waals surface area contributed by atoms with Crippen LogP contribution in [0.1, 0.15) is 51.3 Å². The molecule has 0 aromatic carbocycles. The lowest BCUT2D eigenvalue weighted by Crippen LogP contribution is -2.27. The summed E-state index contributed by atoms with van der Waals surface area (Å²) in [5, 5.41) is 4.37. The summed E-state index contributed by atoms with van der Waals surface area (Å²) < 4.78 is 7.69. The Labute approximate surface area is 128 Å². The highest BCUT2D eigenvalue weighted by molar-refractivity contribution is 14.1. The van der Waals surface area contributed by atoms with Crippen LogP contribution in [0, 0.1) is 9.12 Å². The van der Waals surface area contributed by atoms with E-state index in [2.05, 4.69) is 48.5 Å². The van der Waals surface area contributed by atoms with E-state index in [0.29, 0.717) is 6.61 Å². The normalized spacial score (nSPS) is 17.1.